The molecule has 392 valence electrons. The Balaban J connectivity index is 0.000000240. The summed E-state index contributed by atoms with van der Waals surface area (Å²) < 4.78 is 19.1. The molecule has 0 saturated carbocycles. The Morgan fingerprint density at radius 2 is 1.11 bits per heavy atom. The smallest absolute Gasteiger partial charge is 0.407 e. The first-order valence-electron chi connectivity index (χ1n) is 25.6. The van der Waals surface area contributed by atoms with Gasteiger partial charge in [0, 0.05) is 75.5 Å². The number of hydrogen-bond acceptors (Lipinski definition) is 10. The van der Waals surface area contributed by atoms with Gasteiger partial charge < -0.3 is 50.3 Å². The fourth-order valence-electron chi connectivity index (χ4n) is 8.92. The van der Waals surface area contributed by atoms with E-state index < -0.39 is 29.9 Å². The Morgan fingerprint density at radius 1 is 0.667 bits per heavy atom. The van der Waals surface area contributed by atoms with Crippen molar-refractivity contribution in [2.75, 3.05) is 26.3 Å². The summed E-state index contributed by atoms with van der Waals surface area (Å²) in [4.78, 5) is 28.0. The van der Waals surface area contributed by atoms with Gasteiger partial charge in [-0.3, -0.25) is 4.79 Å². The Labute approximate surface area is 429 Å². The number of carbonyl (C=O) groups excluding carboxylic acids is 2. The number of aliphatic hydroxyl groups is 2. The van der Waals surface area contributed by atoms with Gasteiger partial charge in [-0.05, 0) is 91.7 Å². The van der Waals surface area contributed by atoms with E-state index in [1.807, 2.05) is 99.2 Å². The zero-order valence-corrected chi connectivity index (χ0v) is 44.8. The number of hydrogen-bond donors (Lipinski definition) is 6. The van der Waals surface area contributed by atoms with Crippen LogP contribution in [0.2, 0.25) is 0 Å². The first kappa shape index (κ1) is 57.2. The Kier molecular flexibility index (Phi) is 21.3. The third kappa shape index (κ3) is 20.4. The molecule has 2 aliphatic rings. The maximum atomic E-state index is 12.5. The zero-order valence-electron chi connectivity index (χ0n) is 44.8. The van der Waals surface area contributed by atoms with Crippen LogP contribution in [0.25, 0.3) is 0 Å². The largest absolute Gasteiger partial charge is 0.493 e. The van der Waals surface area contributed by atoms with Gasteiger partial charge in [-0.1, -0.05) is 126 Å². The molecule has 3 heterocycles. The molecule has 13 nitrogen and oxygen atoms in total. The van der Waals surface area contributed by atoms with Gasteiger partial charge in [-0.2, -0.15) is 0 Å². The van der Waals surface area contributed by atoms with E-state index in [4.69, 9.17) is 14.2 Å². The van der Waals surface area contributed by atoms with Gasteiger partial charge in [0.2, 0.25) is 5.91 Å². The summed E-state index contributed by atoms with van der Waals surface area (Å²) in [6.45, 7) is 22.4. The van der Waals surface area contributed by atoms with Gasteiger partial charge >= 0.3 is 6.09 Å². The number of rotatable bonds is 16. The fourth-order valence-corrected chi connectivity index (χ4v) is 8.92. The normalized spacial score (nSPS) is 17.0. The molecule has 0 radical (unpaired) electrons. The number of fused-ring (bicyclic) bond motifs is 2. The van der Waals surface area contributed by atoms with E-state index in [1.165, 1.54) is 18.1 Å². The Hall–Kier alpha value is -5.73. The molecule has 6 N–H and O–H groups in total. The quantitative estimate of drug-likeness (QED) is 0.0561. The highest BCUT2D eigenvalue weighted by atomic mass is 16.6. The van der Waals surface area contributed by atoms with Crippen LogP contribution >= 0.6 is 0 Å². The molecule has 1 aromatic heterocycles. The van der Waals surface area contributed by atoms with Crippen molar-refractivity contribution in [3.05, 3.63) is 149 Å². The molecule has 0 fully saturated rings. The number of benzene rings is 4. The zero-order chi connectivity index (χ0) is 52.5. The van der Waals surface area contributed by atoms with Crippen molar-refractivity contribution >= 4 is 12.0 Å². The van der Waals surface area contributed by atoms with Gasteiger partial charge in [0.15, 0.2) is 0 Å². The lowest BCUT2D eigenvalue weighted by Crippen LogP contribution is -2.50. The van der Waals surface area contributed by atoms with Crippen molar-refractivity contribution in [2.24, 2.45) is 17.9 Å². The molecule has 0 spiro atoms. The van der Waals surface area contributed by atoms with Crippen molar-refractivity contribution in [1.82, 2.24) is 30.8 Å². The number of aryl methyl sites for hydroxylation is 1. The molecule has 72 heavy (non-hydrogen) atoms. The maximum absolute atomic E-state index is 12.5. The molecule has 2 amide bonds. The highest BCUT2D eigenvalue weighted by molar-refractivity contribution is 5.73. The lowest BCUT2D eigenvalue weighted by molar-refractivity contribution is -0.120. The van der Waals surface area contributed by atoms with Gasteiger partial charge in [0.05, 0.1) is 43.8 Å². The average Bonchev–Trinajstić information content (AvgIpc) is 3.79. The number of nitrogens with one attached hydrogen (secondary N) is 4. The van der Waals surface area contributed by atoms with Crippen molar-refractivity contribution in [3.63, 3.8) is 0 Å². The third-order valence-electron chi connectivity index (χ3n) is 12.1. The predicted octanol–water partition coefficient (Wildman–Crippen LogP) is 9.40. The molecular weight excluding hydrogens is 905 g/mol. The highest BCUT2D eigenvalue weighted by Crippen LogP contribution is 2.36. The molecule has 0 bridgehead atoms. The van der Waals surface area contributed by atoms with Gasteiger partial charge in [0.1, 0.15) is 17.1 Å². The second-order valence-electron chi connectivity index (χ2n) is 22.7. The molecule has 6 atom stereocenters. The number of ether oxygens (including phenoxy) is 3. The van der Waals surface area contributed by atoms with E-state index in [0.29, 0.717) is 39.1 Å². The minimum atomic E-state index is -0.799. The summed E-state index contributed by atoms with van der Waals surface area (Å²) in [7, 11) is 1.94. The number of imidazole rings is 1. The number of amides is 2. The third-order valence-corrected chi connectivity index (χ3v) is 12.1. The summed E-state index contributed by atoms with van der Waals surface area (Å²) in [6.07, 6.45) is 8.10. The van der Waals surface area contributed by atoms with Gasteiger partial charge in [-0.15, -0.1) is 0 Å². The summed E-state index contributed by atoms with van der Waals surface area (Å²) in [5, 5.41) is 34.9. The second kappa shape index (κ2) is 26.8. The molecule has 13 heteroatoms. The molecule has 0 aliphatic carbocycles. The van der Waals surface area contributed by atoms with E-state index in [9.17, 15) is 19.8 Å². The first-order chi connectivity index (χ1) is 34.0. The lowest BCUT2D eigenvalue weighted by Gasteiger charge is -2.31. The molecule has 4 aromatic carbocycles. The van der Waals surface area contributed by atoms with E-state index in [-0.39, 0.29) is 34.9 Å². The molecule has 2 aliphatic heterocycles. The number of alkyl carbamates (subject to hydrolysis) is 1. The summed E-state index contributed by atoms with van der Waals surface area (Å²) in [6, 6.07) is 32.0. The molecule has 6 unspecified atom stereocenters. The van der Waals surface area contributed by atoms with Crippen LogP contribution in [0.1, 0.15) is 128 Å². The molecular formula is C59H84N6O7. The highest BCUT2D eigenvalue weighted by Gasteiger charge is 2.29. The van der Waals surface area contributed by atoms with Crippen LogP contribution < -0.4 is 30.7 Å². The number of aliphatic hydroxyl groups excluding tert-OH is 2. The monoisotopic (exact) mass is 989 g/mol. The van der Waals surface area contributed by atoms with Crippen LogP contribution in [-0.2, 0) is 42.3 Å². The predicted molar refractivity (Wildman–Crippen MR) is 287 cm³/mol. The van der Waals surface area contributed by atoms with Crippen LogP contribution in [0.3, 0.4) is 0 Å². The summed E-state index contributed by atoms with van der Waals surface area (Å²) in [5.41, 5.74) is 6.78. The van der Waals surface area contributed by atoms with Crippen LogP contribution in [0.4, 0.5) is 4.79 Å². The maximum Gasteiger partial charge on any atom is 0.407 e. The Bertz CT molecular complexity index is 2390. The van der Waals surface area contributed by atoms with Gasteiger partial charge in [0.25, 0.3) is 0 Å². The van der Waals surface area contributed by atoms with Crippen LogP contribution in [0, 0.1) is 10.8 Å². The van der Waals surface area contributed by atoms with Crippen LogP contribution in [0.15, 0.2) is 116 Å². The van der Waals surface area contributed by atoms with E-state index in [2.05, 4.69) is 104 Å². The minimum Gasteiger partial charge on any atom is -0.493 e. The fraction of sp³-hybridized carbons (Fsp3) is 0.508. The number of nitrogens with zero attached hydrogens (tertiary/aromatic N) is 2. The molecule has 0 saturated heterocycles. The van der Waals surface area contributed by atoms with E-state index >= 15 is 0 Å². The topological polar surface area (TPSA) is 168 Å². The van der Waals surface area contributed by atoms with Crippen molar-refractivity contribution in [3.8, 4) is 11.5 Å². The standard InChI is InChI=1S/C29H42N2O4.C26H36N2O3.C4H6N2/c1-28(2,3)18-21-12-13-26-22(16-21)23(14-15-34-26)30-19-25(32)24(17-20-10-8-7-9-11-20)31-27(33)35-29(4,5)6;1-18(29)28-23(15-19-8-6-5-7-9-19)24(30)17-27-22-12-13-31-25-11-10-20(14-21(22)25)16-26(2,3)4;1-6-3-2-5-4-6/h7-13,16,23-25,30,32H,14-15,17-19H2,1-6H3,(H,31,33);5-11,14,22-24,27,30H,12-13,15-17H2,1-4H3,(H,28,29);2-4H,1H3. The van der Waals surface area contributed by atoms with Crippen LogP contribution in [-0.4, -0.2) is 88.0 Å². The van der Waals surface area contributed by atoms with Crippen molar-refractivity contribution < 1.29 is 34.0 Å². The Morgan fingerprint density at radius 3 is 1.47 bits per heavy atom. The first-order valence-corrected chi connectivity index (χ1v) is 25.6. The SMILES string of the molecule is CC(=O)NC(Cc1ccccc1)C(O)CNC1CCOc2ccc(CC(C)(C)C)cc21.CC(C)(C)Cc1ccc2c(c1)C(NCC(O)C(Cc1ccccc1)NC(=O)OC(C)(C)C)CCO2.Cn1ccnc1. The molecule has 5 aromatic rings. The van der Waals surface area contributed by atoms with Crippen molar-refractivity contribution in [2.45, 2.75) is 150 Å². The summed E-state index contributed by atoms with van der Waals surface area (Å²) in [5.74, 6) is 1.68. The van der Waals surface area contributed by atoms with Gasteiger partial charge in [-0.25, -0.2) is 9.78 Å². The second-order valence-corrected chi connectivity index (χ2v) is 22.7. The van der Waals surface area contributed by atoms with E-state index in [0.717, 1.165) is 59.4 Å². The average molecular weight is 989 g/mol. The minimum absolute atomic E-state index is 0.0761. The van der Waals surface area contributed by atoms with Crippen LogP contribution in [0.5, 0.6) is 11.5 Å². The number of aromatic nitrogens is 2. The lowest BCUT2D eigenvalue weighted by atomic mass is 9.86. The number of carbonyl (C=O) groups is 2. The molecule has 7 rings (SSSR count). The van der Waals surface area contributed by atoms with E-state index in [1.54, 1.807) is 12.5 Å². The van der Waals surface area contributed by atoms with Crippen molar-refractivity contribution in [1.29, 1.82) is 0 Å². The summed E-state index contributed by atoms with van der Waals surface area (Å²) >= 11 is 0.